The maximum absolute atomic E-state index is 13.8. The molecule has 2 heterocycles. The molecule has 5 rings (SSSR count). The minimum absolute atomic E-state index is 0.0459. The molecule has 0 aliphatic carbocycles. The van der Waals surface area contributed by atoms with Gasteiger partial charge in [0.2, 0.25) is 5.91 Å². The van der Waals surface area contributed by atoms with Crippen molar-refractivity contribution in [2.75, 3.05) is 37.6 Å². The van der Waals surface area contributed by atoms with Gasteiger partial charge in [0.1, 0.15) is 6.07 Å². The average Bonchev–Trinajstić information content (AvgIpc) is 3.36. The first-order valence-corrected chi connectivity index (χ1v) is 13.0. The van der Waals surface area contributed by atoms with Crippen LogP contribution in [0.2, 0.25) is 0 Å². The van der Waals surface area contributed by atoms with Crippen molar-refractivity contribution in [1.29, 1.82) is 5.26 Å². The molecule has 196 valence electrons. The van der Waals surface area contributed by atoms with Crippen LogP contribution in [0.15, 0.2) is 72.8 Å². The highest BCUT2D eigenvalue weighted by atomic mass is 19.2. The van der Waals surface area contributed by atoms with Gasteiger partial charge in [-0.2, -0.15) is 5.26 Å². The summed E-state index contributed by atoms with van der Waals surface area (Å²) in [4.78, 5) is 20.1. The van der Waals surface area contributed by atoms with Gasteiger partial charge in [-0.3, -0.25) is 9.69 Å². The van der Waals surface area contributed by atoms with Gasteiger partial charge in [-0.15, -0.1) is 0 Å². The summed E-state index contributed by atoms with van der Waals surface area (Å²) in [5.41, 5.74) is 3.37. The lowest BCUT2D eigenvalue weighted by molar-refractivity contribution is -0.136. The lowest BCUT2D eigenvalue weighted by atomic mass is 10.1. The van der Waals surface area contributed by atoms with E-state index < -0.39 is 11.6 Å². The summed E-state index contributed by atoms with van der Waals surface area (Å²) in [6, 6.07) is 23.6. The summed E-state index contributed by atoms with van der Waals surface area (Å²) in [7, 11) is 0. The third-order valence-corrected chi connectivity index (χ3v) is 7.45. The minimum Gasteiger partial charge on any atom is -0.367 e. The first-order valence-electron chi connectivity index (χ1n) is 13.0. The van der Waals surface area contributed by atoms with E-state index in [0.29, 0.717) is 63.4 Å². The van der Waals surface area contributed by atoms with Crippen LogP contribution in [-0.2, 0) is 17.9 Å². The maximum atomic E-state index is 13.8. The van der Waals surface area contributed by atoms with Gasteiger partial charge in [0, 0.05) is 51.9 Å². The summed E-state index contributed by atoms with van der Waals surface area (Å²) in [6.07, 6.45) is 0.646. The fourth-order valence-electron chi connectivity index (χ4n) is 5.44. The molecule has 6 nitrogen and oxygen atoms in total. The number of carbonyl (C=O) groups excluding carboxylic acids is 1. The molecule has 2 fully saturated rings. The second kappa shape index (κ2) is 11.7. The molecule has 8 heteroatoms. The molecule has 1 N–H and O–H groups in total. The van der Waals surface area contributed by atoms with Crippen molar-refractivity contribution < 1.29 is 13.6 Å². The molecule has 2 atom stereocenters. The standard InChI is InChI=1S/C30H31F2N5O/c31-26-11-10-23(16-27(26)32)19-34-25-17-29(37(21-25)20-22-6-2-1-3-7-22)30(38)36-14-12-35(13-15-36)28-9-5-4-8-24(28)18-33/h1-11,16,25,29,34H,12-15,17,19-21H2/t25-,29-/m0/s1. The van der Waals surface area contributed by atoms with E-state index >= 15 is 0 Å². The Balaban J connectivity index is 1.25. The number of amides is 1. The molecule has 0 aromatic heterocycles. The van der Waals surface area contributed by atoms with Gasteiger partial charge in [-0.1, -0.05) is 48.5 Å². The van der Waals surface area contributed by atoms with Crippen LogP contribution in [0.5, 0.6) is 0 Å². The molecule has 0 bridgehead atoms. The van der Waals surface area contributed by atoms with Gasteiger partial charge in [-0.05, 0) is 41.8 Å². The van der Waals surface area contributed by atoms with Crippen LogP contribution in [0, 0.1) is 23.0 Å². The Morgan fingerprint density at radius 3 is 2.39 bits per heavy atom. The molecular formula is C30H31F2N5O. The van der Waals surface area contributed by atoms with E-state index in [-0.39, 0.29) is 18.0 Å². The molecule has 3 aromatic rings. The number of anilines is 1. The van der Waals surface area contributed by atoms with E-state index in [9.17, 15) is 18.8 Å². The zero-order valence-electron chi connectivity index (χ0n) is 21.2. The number of benzene rings is 3. The van der Waals surface area contributed by atoms with Crippen LogP contribution in [0.3, 0.4) is 0 Å². The van der Waals surface area contributed by atoms with E-state index in [0.717, 1.165) is 17.3 Å². The number of rotatable bonds is 7. The number of nitriles is 1. The second-order valence-corrected chi connectivity index (χ2v) is 9.93. The third kappa shape index (κ3) is 5.85. The number of piperazine rings is 1. The molecule has 2 saturated heterocycles. The van der Waals surface area contributed by atoms with Gasteiger partial charge in [0.15, 0.2) is 11.6 Å². The number of carbonyl (C=O) groups is 1. The SMILES string of the molecule is N#Cc1ccccc1N1CCN(C(=O)[C@@H]2C[C@H](NCc3ccc(F)c(F)c3)CN2Cc2ccccc2)CC1. The van der Waals surface area contributed by atoms with Crippen LogP contribution in [0.25, 0.3) is 0 Å². The first-order chi connectivity index (χ1) is 18.5. The lowest BCUT2D eigenvalue weighted by Crippen LogP contribution is -2.53. The Hall–Kier alpha value is -3.80. The summed E-state index contributed by atoms with van der Waals surface area (Å²) in [6.45, 7) is 4.29. The quantitative estimate of drug-likeness (QED) is 0.517. The molecular weight excluding hydrogens is 484 g/mol. The van der Waals surface area contributed by atoms with Gasteiger partial charge in [-0.25, -0.2) is 8.78 Å². The molecule has 0 radical (unpaired) electrons. The highest BCUT2D eigenvalue weighted by molar-refractivity contribution is 5.82. The van der Waals surface area contributed by atoms with E-state index in [1.807, 2.05) is 47.4 Å². The molecule has 3 aromatic carbocycles. The molecule has 1 amide bonds. The second-order valence-electron chi connectivity index (χ2n) is 9.93. The summed E-state index contributed by atoms with van der Waals surface area (Å²) in [5, 5.41) is 12.9. The Labute approximate surface area is 222 Å². The minimum atomic E-state index is -0.856. The van der Waals surface area contributed by atoms with Crippen molar-refractivity contribution in [3.05, 3.63) is 101 Å². The molecule has 0 unspecified atom stereocenters. The summed E-state index contributed by atoms with van der Waals surface area (Å²) in [5.74, 6) is -1.59. The van der Waals surface area contributed by atoms with Crippen molar-refractivity contribution in [3.63, 3.8) is 0 Å². The molecule has 38 heavy (non-hydrogen) atoms. The summed E-state index contributed by atoms with van der Waals surface area (Å²) < 4.78 is 27.0. The fourth-order valence-corrected chi connectivity index (χ4v) is 5.44. The van der Waals surface area contributed by atoms with Gasteiger partial charge < -0.3 is 15.1 Å². The molecule has 2 aliphatic heterocycles. The predicted octanol–water partition coefficient (Wildman–Crippen LogP) is 3.92. The highest BCUT2D eigenvalue weighted by Crippen LogP contribution is 2.25. The van der Waals surface area contributed by atoms with Crippen molar-refractivity contribution >= 4 is 11.6 Å². The van der Waals surface area contributed by atoms with Crippen LogP contribution in [0.4, 0.5) is 14.5 Å². The smallest absolute Gasteiger partial charge is 0.240 e. The van der Waals surface area contributed by atoms with E-state index in [4.69, 9.17) is 0 Å². The zero-order chi connectivity index (χ0) is 26.5. The van der Waals surface area contributed by atoms with Crippen molar-refractivity contribution in [1.82, 2.24) is 15.1 Å². The monoisotopic (exact) mass is 515 g/mol. The number of nitrogens with zero attached hydrogens (tertiary/aromatic N) is 4. The molecule has 0 saturated carbocycles. The van der Waals surface area contributed by atoms with Crippen LogP contribution in [0.1, 0.15) is 23.1 Å². The van der Waals surface area contributed by atoms with Gasteiger partial charge in [0.25, 0.3) is 0 Å². The van der Waals surface area contributed by atoms with Crippen molar-refractivity contribution in [2.24, 2.45) is 0 Å². The van der Waals surface area contributed by atoms with Gasteiger partial charge >= 0.3 is 0 Å². The number of hydrogen-bond acceptors (Lipinski definition) is 5. The van der Waals surface area contributed by atoms with E-state index in [2.05, 4.69) is 33.3 Å². The van der Waals surface area contributed by atoms with Crippen LogP contribution in [-0.4, -0.2) is 60.5 Å². The molecule has 0 spiro atoms. The number of nitrogens with one attached hydrogen (secondary N) is 1. The third-order valence-electron chi connectivity index (χ3n) is 7.45. The van der Waals surface area contributed by atoms with Crippen molar-refractivity contribution in [3.8, 4) is 6.07 Å². The molecule has 2 aliphatic rings. The number of likely N-dealkylation sites (tertiary alicyclic amines) is 1. The number of halogens is 2. The maximum Gasteiger partial charge on any atom is 0.240 e. The van der Waals surface area contributed by atoms with Crippen LogP contribution < -0.4 is 10.2 Å². The zero-order valence-corrected chi connectivity index (χ0v) is 21.2. The highest BCUT2D eigenvalue weighted by Gasteiger charge is 2.39. The average molecular weight is 516 g/mol. The predicted molar refractivity (Wildman–Crippen MR) is 142 cm³/mol. The van der Waals surface area contributed by atoms with Gasteiger partial charge in [0.05, 0.1) is 17.3 Å². The van der Waals surface area contributed by atoms with E-state index in [1.165, 1.54) is 6.07 Å². The Bertz CT molecular complexity index is 1300. The largest absolute Gasteiger partial charge is 0.367 e. The number of para-hydroxylation sites is 1. The first kappa shape index (κ1) is 25.8. The fraction of sp³-hybridized carbons (Fsp3) is 0.333. The van der Waals surface area contributed by atoms with Crippen molar-refractivity contribution in [2.45, 2.75) is 31.6 Å². The van der Waals surface area contributed by atoms with Crippen LogP contribution >= 0.6 is 0 Å². The topological polar surface area (TPSA) is 62.6 Å². The Morgan fingerprint density at radius 2 is 1.66 bits per heavy atom. The number of hydrogen-bond donors (Lipinski definition) is 1. The Kier molecular flexibility index (Phi) is 7.97. The Morgan fingerprint density at radius 1 is 0.921 bits per heavy atom. The normalized spacial score (nSPS) is 19.9. The lowest BCUT2D eigenvalue weighted by Gasteiger charge is -2.38. The summed E-state index contributed by atoms with van der Waals surface area (Å²) >= 11 is 0. The van der Waals surface area contributed by atoms with E-state index in [1.54, 1.807) is 6.07 Å².